The van der Waals surface area contributed by atoms with Crippen LogP contribution in [-0.4, -0.2) is 15.9 Å². The molecule has 5 aromatic rings. The second-order valence-corrected chi connectivity index (χ2v) is 9.47. The first-order chi connectivity index (χ1) is 18.1. The third kappa shape index (κ3) is 5.02. The summed E-state index contributed by atoms with van der Waals surface area (Å²) in [5.41, 5.74) is 2.54. The molecule has 1 heterocycles. The average molecular weight is 551 g/mol. The van der Waals surface area contributed by atoms with Gasteiger partial charge in [0.1, 0.15) is 18.2 Å². The number of hydrogen-bond acceptors (Lipinski definition) is 5. The fourth-order valence-corrected chi connectivity index (χ4v) is 4.62. The summed E-state index contributed by atoms with van der Waals surface area (Å²) in [4.78, 5) is 18.2. The van der Waals surface area contributed by atoms with Gasteiger partial charge in [-0.25, -0.2) is 4.98 Å². The summed E-state index contributed by atoms with van der Waals surface area (Å²) in [6.07, 6.45) is 3.10. The van der Waals surface area contributed by atoms with Crippen molar-refractivity contribution >= 4 is 43.8 Å². The third-order valence-corrected chi connectivity index (χ3v) is 6.60. The number of halogens is 1. The van der Waals surface area contributed by atoms with Crippen LogP contribution in [0.2, 0.25) is 0 Å². The molecular formula is C30H23BrN4O2. The number of ether oxygens (including phenoxy) is 1. The van der Waals surface area contributed by atoms with Crippen LogP contribution in [0, 0.1) is 11.3 Å². The van der Waals surface area contributed by atoms with Crippen molar-refractivity contribution in [2.45, 2.75) is 26.4 Å². The van der Waals surface area contributed by atoms with Gasteiger partial charge in [0, 0.05) is 22.0 Å². The summed E-state index contributed by atoms with van der Waals surface area (Å²) in [7, 11) is 0. The number of rotatable bonds is 7. The Bertz CT molecular complexity index is 1750. The van der Waals surface area contributed by atoms with Gasteiger partial charge >= 0.3 is 0 Å². The molecule has 6 nitrogen and oxygen atoms in total. The maximum atomic E-state index is 13.5. The first-order valence-electron chi connectivity index (χ1n) is 12.0. The zero-order valence-corrected chi connectivity index (χ0v) is 21.8. The summed E-state index contributed by atoms with van der Waals surface area (Å²) in [5, 5.41) is 16.5. The monoisotopic (exact) mass is 550 g/mol. The summed E-state index contributed by atoms with van der Waals surface area (Å²) in [5.74, 6) is 1.21. The molecule has 7 heteroatoms. The standard InChI is InChI=1S/C30H23BrN4O2/c1-2-7-29-34-27-14-13-23(31)16-25(27)30(36)35(29)33-18-26-24-11-6-5-8-20(24)12-15-28(26)37-19-22-10-4-3-9-21(22)17-32/h3-6,8-16,18H,2,7,19H2,1H3. The zero-order chi connectivity index (χ0) is 25.8. The highest BCUT2D eigenvalue weighted by Crippen LogP contribution is 2.28. The smallest absolute Gasteiger partial charge is 0.282 e. The number of nitrogens with zero attached hydrogens (tertiary/aromatic N) is 4. The van der Waals surface area contributed by atoms with E-state index in [1.165, 1.54) is 4.68 Å². The largest absolute Gasteiger partial charge is 0.488 e. The van der Waals surface area contributed by atoms with E-state index in [4.69, 9.17) is 9.72 Å². The quantitative estimate of drug-likeness (QED) is 0.214. The molecule has 0 radical (unpaired) electrons. The van der Waals surface area contributed by atoms with Gasteiger partial charge in [-0.2, -0.15) is 15.0 Å². The first-order valence-corrected chi connectivity index (χ1v) is 12.8. The fourth-order valence-electron chi connectivity index (χ4n) is 4.26. The predicted octanol–water partition coefficient (Wildman–Crippen LogP) is 6.60. The highest BCUT2D eigenvalue weighted by Gasteiger charge is 2.13. The Labute approximate surface area is 222 Å². The van der Waals surface area contributed by atoms with E-state index in [0.717, 1.165) is 32.8 Å². The third-order valence-electron chi connectivity index (χ3n) is 6.10. The van der Waals surface area contributed by atoms with Gasteiger partial charge in [-0.05, 0) is 47.5 Å². The van der Waals surface area contributed by atoms with Crippen molar-refractivity contribution in [1.82, 2.24) is 9.66 Å². The van der Waals surface area contributed by atoms with Crippen LogP contribution < -0.4 is 10.3 Å². The Hall–Kier alpha value is -4.28. The molecule has 0 atom stereocenters. The maximum Gasteiger partial charge on any atom is 0.282 e. The molecule has 0 bridgehead atoms. The van der Waals surface area contributed by atoms with Crippen molar-refractivity contribution in [3.05, 3.63) is 116 Å². The van der Waals surface area contributed by atoms with E-state index in [9.17, 15) is 10.1 Å². The predicted molar refractivity (Wildman–Crippen MR) is 150 cm³/mol. The molecule has 37 heavy (non-hydrogen) atoms. The topological polar surface area (TPSA) is 80.3 Å². The summed E-state index contributed by atoms with van der Waals surface area (Å²) in [6, 6.07) is 26.9. The maximum absolute atomic E-state index is 13.5. The lowest BCUT2D eigenvalue weighted by Crippen LogP contribution is -2.22. The summed E-state index contributed by atoms with van der Waals surface area (Å²) >= 11 is 3.45. The Kier molecular flexibility index (Phi) is 7.11. The van der Waals surface area contributed by atoms with E-state index >= 15 is 0 Å². The number of benzene rings is 4. The Morgan fingerprint density at radius 2 is 1.86 bits per heavy atom. The molecule has 0 unspecified atom stereocenters. The van der Waals surface area contributed by atoms with Crippen LogP contribution in [0.25, 0.3) is 21.7 Å². The van der Waals surface area contributed by atoms with Crippen LogP contribution >= 0.6 is 15.9 Å². The lowest BCUT2D eigenvalue weighted by molar-refractivity contribution is 0.306. The Morgan fingerprint density at radius 3 is 2.70 bits per heavy atom. The van der Waals surface area contributed by atoms with Crippen molar-refractivity contribution in [3.8, 4) is 11.8 Å². The van der Waals surface area contributed by atoms with Crippen molar-refractivity contribution in [2.75, 3.05) is 0 Å². The molecule has 4 aromatic carbocycles. The van der Waals surface area contributed by atoms with Crippen LogP contribution in [0.5, 0.6) is 5.75 Å². The molecule has 0 saturated heterocycles. The van der Waals surface area contributed by atoms with Crippen LogP contribution in [0.1, 0.15) is 35.9 Å². The van der Waals surface area contributed by atoms with Gasteiger partial charge in [0.25, 0.3) is 5.56 Å². The SMILES string of the molecule is CCCc1nc2ccc(Br)cc2c(=O)n1N=Cc1c(OCc2ccccc2C#N)ccc2ccccc12. The minimum Gasteiger partial charge on any atom is -0.488 e. The first kappa shape index (κ1) is 24.4. The minimum absolute atomic E-state index is 0.225. The number of aryl methyl sites for hydroxylation is 1. The molecule has 0 N–H and O–H groups in total. The number of nitriles is 1. The highest BCUT2D eigenvalue weighted by molar-refractivity contribution is 9.10. The molecule has 5 rings (SSSR count). The van der Waals surface area contributed by atoms with Gasteiger partial charge in [0.2, 0.25) is 0 Å². The van der Waals surface area contributed by atoms with Gasteiger partial charge in [0.15, 0.2) is 0 Å². The molecule has 0 saturated carbocycles. The van der Waals surface area contributed by atoms with E-state index in [-0.39, 0.29) is 12.2 Å². The molecule has 182 valence electrons. The molecule has 0 aliphatic heterocycles. The molecule has 1 aromatic heterocycles. The van der Waals surface area contributed by atoms with Crippen LogP contribution in [0.3, 0.4) is 0 Å². The molecule has 0 amide bonds. The summed E-state index contributed by atoms with van der Waals surface area (Å²) in [6.45, 7) is 2.28. The van der Waals surface area contributed by atoms with Crippen molar-refractivity contribution in [2.24, 2.45) is 5.10 Å². The Balaban J connectivity index is 1.62. The fraction of sp³-hybridized carbons (Fsp3) is 0.133. The molecule has 0 spiro atoms. The molecule has 0 fully saturated rings. The lowest BCUT2D eigenvalue weighted by Gasteiger charge is -2.13. The second-order valence-electron chi connectivity index (χ2n) is 8.56. The number of fused-ring (bicyclic) bond motifs is 2. The van der Waals surface area contributed by atoms with Gasteiger partial charge in [-0.15, -0.1) is 0 Å². The van der Waals surface area contributed by atoms with Crippen molar-refractivity contribution < 1.29 is 4.74 Å². The van der Waals surface area contributed by atoms with E-state index in [0.29, 0.717) is 34.5 Å². The van der Waals surface area contributed by atoms with Gasteiger partial charge in [0.05, 0.1) is 28.8 Å². The molecule has 0 aliphatic carbocycles. The van der Waals surface area contributed by atoms with Crippen LogP contribution in [-0.2, 0) is 13.0 Å². The normalized spacial score (nSPS) is 11.3. The zero-order valence-electron chi connectivity index (χ0n) is 20.2. The lowest BCUT2D eigenvalue weighted by atomic mass is 10.0. The van der Waals surface area contributed by atoms with Crippen LogP contribution in [0.4, 0.5) is 0 Å². The van der Waals surface area contributed by atoms with Crippen LogP contribution in [0.15, 0.2) is 93.2 Å². The number of hydrogen-bond donors (Lipinski definition) is 0. The van der Waals surface area contributed by atoms with Gasteiger partial charge in [-0.3, -0.25) is 4.79 Å². The molecular weight excluding hydrogens is 528 g/mol. The number of aromatic nitrogens is 2. The molecule has 0 aliphatic rings. The van der Waals surface area contributed by atoms with Gasteiger partial charge < -0.3 is 4.74 Å². The van der Waals surface area contributed by atoms with Crippen molar-refractivity contribution in [3.63, 3.8) is 0 Å². The highest BCUT2D eigenvalue weighted by atomic mass is 79.9. The minimum atomic E-state index is -0.225. The average Bonchev–Trinajstić information content (AvgIpc) is 2.92. The Morgan fingerprint density at radius 1 is 1.05 bits per heavy atom. The van der Waals surface area contributed by atoms with Crippen molar-refractivity contribution in [1.29, 1.82) is 5.26 Å². The van der Waals surface area contributed by atoms with Gasteiger partial charge in [-0.1, -0.05) is 71.4 Å². The van der Waals surface area contributed by atoms with E-state index < -0.39 is 0 Å². The second kappa shape index (κ2) is 10.8. The van der Waals surface area contributed by atoms with E-state index in [1.807, 2.05) is 73.7 Å². The van der Waals surface area contributed by atoms with E-state index in [2.05, 4.69) is 27.1 Å². The van der Waals surface area contributed by atoms with E-state index in [1.54, 1.807) is 18.3 Å². The summed E-state index contributed by atoms with van der Waals surface area (Å²) < 4.78 is 8.39.